The summed E-state index contributed by atoms with van der Waals surface area (Å²) in [6, 6.07) is 5.49. The molecule has 1 heterocycles. The fraction of sp³-hybridized carbons (Fsp3) is 0.0909. The molecule has 0 atom stereocenters. The number of halogens is 3. The predicted molar refractivity (Wildman–Crippen MR) is 78.3 cm³/mol. The van der Waals surface area contributed by atoms with Crippen molar-refractivity contribution in [2.75, 3.05) is 5.32 Å². The average molecular weight is 363 g/mol. The van der Waals surface area contributed by atoms with E-state index in [1.54, 1.807) is 18.3 Å². The maximum absolute atomic E-state index is 8.92. The zero-order valence-corrected chi connectivity index (χ0v) is 12.8. The Morgan fingerprint density at radius 3 is 2.83 bits per heavy atom. The third kappa shape index (κ3) is 2.96. The second kappa shape index (κ2) is 5.89. The van der Waals surface area contributed by atoms with Gasteiger partial charge in [0.25, 0.3) is 0 Å². The van der Waals surface area contributed by atoms with Crippen LogP contribution in [-0.4, -0.2) is 4.98 Å². The van der Waals surface area contributed by atoms with Gasteiger partial charge in [-0.25, -0.2) is 4.98 Å². The van der Waals surface area contributed by atoms with Crippen LogP contribution in [0.3, 0.4) is 0 Å². The van der Waals surface area contributed by atoms with Crippen molar-refractivity contribution in [3.63, 3.8) is 0 Å². The highest BCUT2D eigenvalue weighted by molar-refractivity contribution is 9.10. The number of hydrogen-bond acceptors (Lipinski definition) is 4. The highest BCUT2D eigenvalue weighted by Gasteiger charge is 2.10. The first-order chi connectivity index (χ1) is 8.61. The van der Waals surface area contributed by atoms with Crippen LogP contribution in [0.25, 0.3) is 0 Å². The van der Waals surface area contributed by atoms with Gasteiger partial charge in [-0.3, -0.25) is 0 Å². The van der Waals surface area contributed by atoms with Crippen molar-refractivity contribution in [2.24, 2.45) is 0 Å². The molecule has 1 aromatic heterocycles. The topological polar surface area (TPSA) is 48.7 Å². The third-order valence-electron chi connectivity index (χ3n) is 2.18. The van der Waals surface area contributed by atoms with Gasteiger partial charge in [0.15, 0.2) is 4.47 Å². The van der Waals surface area contributed by atoms with E-state index in [0.29, 0.717) is 27.3 Å². The molecule has 0 spiro atoms. The van der Waals surface area contributed by atoms with Crippen LogP contribution in [0.1, 0.15) is 10.4 Å². The number of benzene rings is 1. The maximum Gasteiger partial charge on any atom is 0.183 e. The van der Waals surface area contributed by atoms with Gasteiger partial charge in [-0.1, -0.05) is 23.2 Å². The number of aromatic nitrogens is 1. The van der Waals surface area contributed by atoms with Gasteiger partial charge >= 0.3 is 0 Å². The van der Waals surface area contributed by atoms with Crippen LogP contribution in [0.15, 0.2) is 22.8 Å². The van der Waals surface area contributed by atoms with E-state index in [4.69, 9.17) is 28.5 Å². The van der Waals surface area contributed by atoms with Gasteiger partial charge < -0.3 is 5.32 Å². The smallest absolute Gasteiger partial charge is 0.183 e. The molecular weight excluding hydrogens is 357 g/mol. The van der Waals surface area contributed by atoms with Crippen LogP contribution in [0.5, 0.6) is 0 Å². The minimum atomic E-state index is 0.405. The minimum absolute atomic E-state index is 0.405. The second-order valence-corrected chi connectivity index (χ2v) is 6.26. The van der Waals surface area contributed by atoms with Crippen LogP contribution < -0.4 is 5.32 Å². The van der Waals surface area contributed by atoms with Crippen molar-refractivity contribution in [3.8, 4) is 6.07 Å². The highest BCUT2D eigenvalue weighted by atomic mass is 79.9. The molecule has 0 bridgehead atoms. The van der Waals surface area contributed by atoms with E-state index < -0.39 is 0 Å². The second-order valence-electron chi connectivity index (χ2n) is 3.33. The summed E-state index contributed by atoms with van der Waals surface area (Å²) in [5.41, 5.74) is 1.13. The Morgan fingerprint density at radius 1 is 1.44 bits per heavy atom. The van der Waals surface area contributed by atoms with Crippen molar-refractivity contribution in [3.05, 3.63) is 42.7 Å². The normalized spacial score (nSPS) is 10.1. The molecule has 0 saturated heterocycles. The van der Waals surface area contributed by atoms with Crippen molar-refractivity contribution in [1.82, 2.24) is 4.98 Å². The molecule has 0 aliphatic carbocycles. The lowest BCUT2D eigenvalue weighted by atomic mass is 10.2. The van der Waals surface area contributed by atoms with E-state index in [0.717, 1.165) is 9.35 Å². The van der Waals surface area contributed by atoms with Crippen molar-refractivity contribution < 1.29 is 0 Å². The van der Waals surface area contributed by atoms with Gasteiger partial charge in [-0.15, -0.1) is 11.3 Å². The molecular formula is C11H6BrCl2N3S. The zero-order chi connectivity index (χ0) is 13.1. The molecule has 2 rings (SSSR count). The summed E-state index contributed by atoms with van der Waals surface area (Å²) in [5, 5.41) is 12.5. The summed E-state index contributed by atoms with van der Waals surface area (Å²) >= 11 is 16.7. The fourth-order valence-electron chi connectivity index (χ4n) is 1.34. The van der Waals surface area contributed by atoms with E-state index >= 15 is 0 Å². The standard InChI is InChI=1S/C11H6BrCl2N3S/c12-8-2-1-6(3-15)9(13)10(8)16-4-7-5-17-11(14)18-7/h1-2,5,16H,4H2. The molecule has 0 aliphatic rings. The Kier molecular flexibility index (Phi) is 4.46. The quantitative estimate of drug-likeness (QED) is 0.861. The van der Waals surface area contributed by atoms with Gasteiger partial charge in [-0.2, -0.15) is 5.26 Å². The summed E-state index contributed by atoms with van der Waals surface area (Å²) < 4.78 is 1.31. The molecule has 92 valence electrons. The number of nitrogens with one attached hydrogen (secondary N) is 1. The number of hydrogen-bond donors (Lipinski definition) is 1. The van der Waals surface area contributed by atoms with Crippen molar-refractivity contribution >= 4 is 56.2 Å². The number of anilines is 1. The van der Waals surface area contributed by atoms with E-state index in [2.05, 4.69) is 26.2 Å². The Bertz CT molecular complexity index is 621. The van der Waals surface area contributed by atoms with Gasteiger partial charge in [0, 0.05) is 15.5 Å². The molecule has 18 heavy (non-hydrogen) atoms. The molecule has 0 radical (unpaired) electrons. The monoisotopic (exact) mass is 361 g/mol. The number of thiazole rings is 1. The molecule has 0 aliphatic heterocycles. The number of nitrogens with zero attached hydrogens (tertiary/aromatic N) is 2. The summed E-state index contributed by atoms with van der Waals surface area (Å²) in [6.45, 7) is 0.553. The van der Waals surface area contributed by atoms with Crippen molar-refractivity contribution in [2.45, 2.75) is 6.54 Å². The van der Waals surface area contributed by atoms with E-state index in [1.165, 1.54) is 11.3 Å². The summed E-state index contributed by atoms with van der Waals surface area (Å²) in [6.07, 6.45) is 1.70. The van der Waals surface area contributed by atoms with Gasteiger partial charge in [-0.05, 0) is 28.1 Å². The Morgan fingerprint density at radius 2 is 2.22 bits per heavy atom. The lowest BCUT2D eigenvalue weighted by Gasteiger charge is -2.10. The predicted octanol–water partition coefficient (Wildman–Crippen LogP) is 4.70. The van der Waals surface area contributed by atoms with Gasteiger partial charge in [0.05, 0.1) is 22.8 Å². The molecule has 0 saturated carbocycles. The molecule has 0 unspecified atom stereocenters. The molecule has 0 fully saturated rings. The molecule has 1 N–H and O–H groups in total. The summed E-state index contributed by atoms with van der Waals surface area (Å²) in [5.74, 6) is 0. The first kappa shape index (κ1) is 13.6. The first-order valence-electron chi connectivity index (χ1n) is 4.84. The maximum atomic E-state index is 8.92. The Labute approximate surface area is 126 Å². The molecule has 0 amide bonds. The van der Waals surface area contributed by atoms with Crippen LogP contribution >= 0.6 is 50.5 Å². The largest absolute Gasteiger partial charge is 0.378 e. The fourth-order valence-corrected chi connectivity index (χ4v) is 3.12. The number of nitriles is 1. The summed E-state index contributed by atoms with van der Waals surface area (Å²) in [7, 11) is 0. The Balaban J connectivity index is 2.21. The highest BCUT2D eigenvalue weighted by Crippen LogP contribution is 2.33. The lowest BCUT2D eigenvalue weighted by Crippen LogP contribution is -2.00. The van der Waals surface area contributed by atoms with Crippen LogP contribution in [-0.2, 0) is 6.54 Å². The third-order valence-corrected chi connectivity index (χ3v) is 4.34. The van der Waals surface area contributed by atoms with Crippen LogP contribution in [0.2, 0.25) is 9.49 Å². The SMILES string of the molecule is N#Cc1ccc(Br)c(NCc2cnc(Cl)s2)c1Cl. The van der Waals surface area contributed by atoms with Crippen molar-refractivity contribution in [1.29, 1.82) is 5.26 Å². The van der Waals surface area contributed by atoms with E-state index in [-0.39, 0.29) is 0 Å². The van der Waals surface area contributed by atoms with Crippen LogP contribution in [0.4, 0.5) is 5.69 Å². The molecule has 1 aromatic carbocycles. The molecule has 7 heteroatoms. The van der Waals surface area contributed by atoms with Gasteiger partial charge in [0.1, 0.15) is 6.07 Å². The minimum Gasteiger partial charge on any atom is -0.378 e. The lowest BCUT2D eigenvalue weighted by molar-refractivity contribution is 1.17. The zero-order valence-electron chi connectivity index (χ0n) is 8.88. The summed E-state index contributed by atoms with van der Waals surface area (Å²) in [4.78, 5) is 4.95. The van der Waals surface area contributed by atoms with E-state index in [1.807, 2.05) is 6.07 Å². The molecule has 3 nitrogen and oxygen atoms in total. The van der Waals surface area contributed by atoms with Gasteiger partial charge in [0.2, 0.25) is 0 Å². The molecule has 2 aromatic rings. The first-order valence-corrected chi connectivity index (χ1v) is 7.20. The number of rotatable bonds is 3. The van der Waals surface area contributed by atoms with E-state index in [9.17, 15) is 0 Å². The van der Waals surface area contributed by atoms with Crippen LogP contribution in [0, 0.1) is 11.3 Å². The Hall–Kier alpha value is -0.800. The average Bonchev–Trinajstić information content (AvgIpc) is 2.75.